The van der Waals surface area contributed by atoms with E-state index >= 15 is 0 Å². The Balaban J connectivity index is 1.94. The fraction of sp³-hybridized carbons (Fsp3) is 0.133. The molecule has 0 spiro atoms. The van der Waals surface area contributed by atoms with Gasteiger partial charge < -0.3 is 11.1 Å². The lowest BCUT2D eigenvalue weighted by Crippen LogP contribution is -2.15. The molecule has 104 valence electrons. The second kappa shape index (κ2) is 6.99. The molecule has 1 amide bonds. The molecule has 2 aromatic carbocycles. The molecule has 0 bridgehead atoms. The summed E-state index contributed by atoms with van der Waals surface area (Å²) in [6.07, 6.45) is 0. The highest BCUT2D eigenvalue weighted by Crippen LogP contribution is 2.24. The van der Waals surface area contributed by atoms with Gasteiger partial charge in [-0.25, -0.2) is 0 Å². The minimum Gasteiger partial charge on any atom is -0.398 e. The molecule has 2 rings (SSSR count). The molecule has 0 unspecified atom stereocenters. The molecule has 0 aliphatic carbocycles. The summed E-state index contributed by atoms with van der Waals surface area (Å²) >= 11 is 3.70. The lowest BCUT2D eigenvalue weighted by molar-refractivity contribution is -0.113. The second-order valence-corrected chi connectivity index (χ2v) is 6.60. The minimum absolute atomic E-state index is 0.0254. The van der Waals surface area contributed by atoms with Crippen LogP contribution in [0.25, 0.3) is 0 Å². The number of anilines is 2. The van der Waals surface area contributed by atoms with Crippen molar-refractivity contribution in [3.05, 3.63) is 51.6 Å². The van der Waals surface area contributed by atoms with E-state index in [1.807, 2.05) is 49.4 Å². The van der Waals surface area contributed by atoms with Crippen molar-refractivity contribution in [2.45, 2.75) is 11.8 Å². The third-order valence-electron chi connectivity index (χ3n) is 2.74. The van der Waals surface area contributed by atoms with Crippen LogP contribution in [-0.4, -0.2) is 11.7 Å². The highest BCUT2D eigenvalue weighted by molar-refractivity contribution is 14.1. The number of hydrogen-bond donors (Lipinski definition) is 2. The predicted molar refractivity (Wildman–Crippen MR) is 94.1 cm³/mol. The molecule has 0 saturated heterocycles. The smallest absolute Gasteiger partial charge is 0.234 e. The van der Waals surface area contributed by atoms with E-state index in [0.29, 0.717) is 11.4 Å². The number of para-hydroxylation sites is 1. The van der Waals surface area contributed by atoms with Gasteiger partial charge in [0.05, 0.1) is 5.75 Å². The normalized spacial score (nSPS) is 10.3. The van der Waals surface area contributed by atoms with Gasteiger partial charge in [-0.15, -0.1) is 11.8 Å². The summed E-state index contributed by atoms with van der Waals surface area (Å²) in [4.78, 5) is 12.9. The molecular formula is C15H15IN2OS. The maximum Gasteiger partial charge on any atom is 0.234 e. The van der Waals surface area contributed by atoms with Crippen LogP contribution in [-0.2, 0) is 4.79 Å². The van der Waals surface area contributed by atoms with E-state index in [1.165, 1.54) is 11.8 Å². The molecule has 3 N–H and O–H groups in total. The van der Waals surface area contributed by atoms with Crippen molar-refractivity contribution in [1.82, 2.24) is 0 Å². The topological polar surface area (TPSA) is 55.1 Å². The van der Waals surface area contributed by atoms with Gasteiger partial charge in [0.15, 0.2) is 0 Å². The number of carbonyl (C=O) groups is 1. The van der Waals surface area contributed by atoms with Crippen LogP contribution in [0, 0.1) is 10.5 Å². The molecule has 2 aromatic rings. The second-order valence-electron chi connectivity index (χ2n) is 4.33. The van der Waals surface area contributed by atoms with Crippen LogP contribution in [0.15, 0.2) is 47.4 Å². The number of carbonyl (C=O) groups excluding carboxylic acids is 1. The van der Waals surface area contributed by atoms with E-state index in [2.05, 4.69) is 27.9 Å². The van der Waals surface area contributed by atoms with E-state index < -0.39 is 0 Å². The Morgan fingerprint density at radius 1 is 1.30 bits per heavy atom. The number of nitrogens with two attached hydrogens (primary N) is 1. The molecule has 0 aromatic heterocycles. The van der Waals surface area contributed by atoms with Gasteiger partial charge in [0.2, 0.25) is 5.91 Å². The van der Waals surface area contributed by atoms with Gasteiger partial charge in [-0.05, 0) is 65.4 Å². The Bertz CT molecular complexity index is 631. The molecule has 20 heavy (non-hydrogen) atoms. The zero-order valence-corrected chi connectivity index (χ0v) is 14.0. The quantitative estimate of drug-likeness (QED) is 0.467. The van der Waals surface area contributed by atoms with Crippen LogP contribution in [0.4, 0.5) is 11.4 Å². The van der Waals surface area contributed by atoms with Crippen molar-refractivity contribution in [2.75, 3.05) is 16.8 Å². The van der Waals surface area contributed by atoms with Crippen molar-refractivity contribution >= 4 is 51.6 Å². The first-order chi connectivity index (χ1) is 9.56. The van der Waals surface area contributed by atoms with Gasteiger partial charge in [0.25, 0.3) is 0 Å². The van der Waals surface area contributed by atoms with Gasteiger partial charge in [-0.2, -0.15) is 0 Å². The van der Waals surface area contributed by atoms with Crippen molar-refractivity contribution in [2.24, 2.45) is 0 Å². The number of rotatable bonds is 4. The molecule has 3 nitrogen and oxygen atoms in total. The number of hydrogen-bond acceptors (Lipinski definition) is 3. The van der Waals surface area contributed by atoms with Crippen molar-refractivity contribution in [1.29, 1.82) is 0 Å². The number of nitrogen functional groups attached to an aromatic ring is 1. The van der Waals surface area contributed by atoms with Gasteiger partial charge in [-0.3, -0.25) is 4.79 Å². The Hall–Kier alpha value is -1.21. The van der Waals surface area contributed by atoms with Crippen LogP contribution >= 0.6 is 34.4 Å². The zero-order valence-electron chi connectivity index (χ0n) is 11.0. The van der Waals surface area contributed by atoms with E-state index in [0.717, 1.165) is 19.7 Å². The lowest BCUT2D eigenvalue weighted by atomic mass is 10.2. The van der Waals surface area contributed by atoms with Crippen LogP contribution in [0.3, 0.4) is 0 Å². The largest absolute Gasteiger partial charge is 0.398 e. The molecule has 0 aliphatic heterocycles. The van der Waals surface area contributed by atoms with Crippen LogP contribution in [0.5, 0.6) is 0 Å². The first-order valence-corrected chi connectivity index (χ1v) is 8.16. The number of halogens is 1. The Labute approximate surface area is 136 Å². The first kappa shape index (κ1) is 15.2. The van der Waals surface area contributed by atoms with E-state index in [4.69, 9.17) is 5.73 Å². The molecular weight excluding hydrogens is 383 g/mol. The maximum absolute atomic E-state index is 12.0. The summed E-state index contributed by atoms with van der Waals surface area (Å²) in [6, 6.07) is 13.5. The van der Waals surface area contributed by atoms with Gasteiger partial charge >= 0.3 is 0 Å². The summed E-state index contributed by atoms with van der Waals surface area (Å²) in [7, 11) is 0. The third kappa shape index (κ3) is 4.14. The molecule has 5 heteroatoms. The number of nitrogens with one attached hydrogen (secondary N) is 1. The van der Waals surface area contributed by atoms with E-state index in [9.17, 15) is 4.79 Å². The van der Waals surface area contributed by atoms with Crippen LogP contribution in [0.1, 0.15) is 5.56 Å². The van der Waals surface area contributed by atoms with Crippen molar-refractivity contribution in [3.63, 3.8) is 0 Å². The summed E-state index contributed by atoms with van der Waals surface area (Å²) < 4.78 is 1.16. The number of thioether (sulfide) groups is 1. The number of amides is 1. The molecule has 0 fully saturated rings. The molecule has 0 saturated carbocycles. The average molecular weight is 398 g/mol. The monoisotopic (exact) mass is 398 g/mol. The summed E-state index contributed by atoms with van der Waals surface area (Å²) in [5.74, 6) is 0.321. The number of aryl methyl sites for hydroxylation is 1. The highest BCUT2D eigenvalue weighted by atomic mass is 127. The van der Waals surface area contributed by atoms with Gasteiger partial charge in [-0.1, -0.05) is 12.1 Å². The van der Waals surface area contributed by atoms with Crippen molar-refractivity contribution in [3.8, 4) is 0 Å². The average Bonchev–Trinajstić information content (AvgIpc) is 2.41. The lowest BCUT2D eigenvalue weighted by Gasteiger charge is -2.09. The van der Waals surface area contributed by atoms with E-state index in [1.54, 1.807) is 0 Å². The molecule has 0 atom stereocenters. The third-order valence-corrected chi connectivity index (χ3v) is 4.50. The molecule has 0 aliphatic rings. The summed E-state index contributed by atoms with van der Waals surface area (Å²) in [6.45, 7) is 1.99. The Morgan fingerprint density at radius 2 is 2.05 bits per heavy atom. The Morgan fingerprint density at radius 3 is 2.75 bits per heavy atom. The summed E-state index contributed by atoms with van der Waals surface area (Å²) in [5, 5.41) is 2.92. The number of benzene rings is 2. The predicted octanol–water partition coefficient (Wildman–Crippen LogP) is 3.91. The zero-order chi connectivity index (χ0) is 14.5. The fourth-order valence-corrected chi connectivity index (χ4v) is 3.12. The first-order valence-electron chi connectivity index (χ1n) is 6.09. The van der Waals surface area contributed by atoms with Crippen LogP contribution < -0.4 is 11.1 Å². The van der Waals surface area contributed by atoms with E-state index in [-0.39, 0.29) is 5.91 Å². The SMILES string of the molecule is Cc1cc(I)ccc1NC(=O)CSc1ccccc1N. The van der Waals surface area contributed by atoms with Crippen molar-refractivity contribution < 1.29 is 4.79 Å². The summed E-state index contributed by atoms with van der Waals surface area (Å²) in [5.41, 5.74) is 8.47. The fourth-order valence-electron chi connectivity index (χ4n) is 1.71. The highest BCUT2D eigenvalue weighted by Gasteiger charge is 2.07. The maximum atomic E-state index is 12.0. The van der Waals surface area contributed by atoms with Gasteiger partial charge in [0.1, 0.15) is 0 Å². The Kier molecular flexibility index (Phi) is 5.31. The molecule has 0 radical (unpaired) electrons. The standard InChI is InChI=1S/C15H15IN2OS/c1-10-8-11(16)6-7-13(10)18-15(19)9-20-14-5-3-2-4-12(14)17/h2-8H,9,17H2,1H3,(H,18,19). The minimum atomic E-state index is -0.0254. The molecule has 0 heterocycles. The van der Waals surface area contributed by atoms with Crippen LogP contribution in [0.2, 0.25) is 0 Å². The van der Waals surface area contributed by atoms with Gasteiger partial charge in [0, 0.05) is 19.8 Å².